The van der Waals surface area contributed by atoms with Crippen LogP contribution < -0.4 is 0 Å². The highest BCUT2D eigenvalue weighted by Gasteiger charge is 2.29. The van der Waals surface area contributed by atoms with Gasteiger partial charge in [0, 0.05) is 64.7 Å². The number of hydrogen-bond donors (Lipinski definition) is 0. The Morgan fingerprint density at radius 2 is 1.24 bits per heavy atom. The molecule has 12 aromatic rings. The van der Waals surface area contributed by atoms with Crippen LogP contribution in [0.4, 0.5) is 0 Å². The van der Waals surface area contributed by atoms with Crippen LogP contribution in [0.3, 0.4) is 0 Å². The highest BCUT2D eigenvalue weighted by molar-refractivity contribution is 7.25. The number of aryl methyl sites for hydroxylation is 1. The molecule has 2 atom stereocenters. The van der Waals surface area contributed by atoms with E-state index in [1.807, 2.05) is 11.3 Å². The third-order valence-corrected chi connectivity index (χ3v) is 15.7. The number of allylic oxidation sites excluding steroid dienone is 1. The summed E-state index contributed by atoms with van der Waals surface area (Å²) >= 11 is 1.84. The molecule has 0 amide bonds. The molecule has 14 rings (SSSR count). The molecular weight excluding hydrogens is 835 g/mol. The SMILES string of the molecule is CC1C/C=C(c2ccc3sc4ccccc4c3c2)/N=C(n2c3ccccc3c3ccccc32)\N=C/1c1cc([C@@H]2CCc3cc4ccccc4cc3-c3ccccc32)cc2oc3ccccc3c12. The van der Waals surface area contributed by atoms with Crippen molar-refractivity contribution in [3.63, 3.8) is 0 Å². The van der Waals surface area contributed by atoms with E-state index in [-0.39, 0.29) is 11.8 Å². The molecule has 3 aromatic heterocycles. The average molecular weight is 878 g/mol. The molecule has 0 saturated heterocycles. The molecule has 0 N–H and O–H groups in total. The second kappa shape index (κ2) is 15.1. The lowest BCUT2D eigenvalue weighted by atomic mass is 9.82. The van der Waals surface area contributed by atoms with Crippen LogP contribution >= 0.6 is 11.3 Å². The van der Waals surface area contributed by atoms with Gasteiger partial charge < -0.3 is 4.42 Å². The largest absolute Gasteiger partial charge is 0.456 e. The molecule has 0 radical (unpaired) electrons. The third-order valence-electron chi connectivity index (χ3n) is 14.5. The number of aliphatic imine (C=N–C) groups is 2. The fourth-order valence-corrected chi connectivity index (χ4v) is 12.4. The Balaban J connectivity index is 1.01. The Morgan fingerprint density at radius 3 is 2.07 bits per heavy atom. The van der Waals surface area contributed by atoms with Gasteiger partial charge in [0.05, 0.1) is 22.4 Å². The second-order valence-electron chi connectivity index (χ2n) is 18.4. The number of para-hydroxylation sites is 3. The molecule has 67 heavy (non-hydrogen) atoms. The van der Waals surface area contributed by atoms with Crippen molar-refractivity contribution in [3.05, 3.63) is 222 Å². The molecule has 0 saturated carbocycles. The minimum absolute atomic E-state index is 0.0320. The summed E-state index contributed by atoms with van der Waals surface area (Å²) in [5, 5.41) is 9.65. The average Bonchev–Trinajstić information content (AvgIpc) is 4.01. The lowest BCUT2D eigenvalue weighted by Crippen LogP contribution is -2.20. The van der Waals surface area contributed by atoms with Crippen molar-refractivity contribution in [1.29, 1.82) is 0 Å². The van der Waals surface area contributed by atoms with Crippen LogP contribution in [-0.4, -0.2) is 16.2 Å². The summed E-state index contributed by atoms with van der Waals surface area (Å²) in [6, 6.07) is 68.8. The van der Waals surface area contributed by atoms with Gasteiger partial charge in [-0.05, 0) is 112 Å². The number of nitrogens with zero attached hydrogens (tertiary/aromatic N) is 3. The number of hydrogen-bond acceptors (Lipinski definition) is 4. The quantitative estimate of drug-likeness (QED) is 0.174. The summed E-state index contributed by atoms with van der Waals surface area (Å²) < 4.78 is 11.7. The zero-order chi connectivity index (χ0) is 44.2. The molecule has 1 aliphatic carbocycles. The molecule has 4 nitrogen and oxygen atoms in total. The van der Waals surface area contributed by atoms with Crippen LogP contribution in [0.25, 0.3) is 91.5 Å². The summed E-state index contributed by atoms with van der Waals surface area (Å²) in [6.07, 6.45) is 5.05. The highest BCUT2D eigenvalue weighted by atomic mass is 32.1. The number of thiophene rings is 1. The number of aromatic nitrogens is 1. The molecule has 9 aromatic carbocycles. The van der Waals surface area contributed by atoms with Gasteiger partial charge >= 0.3 is 0 Å². The molecular formula is C62H43N3OS. The normalized spacial score (nSPS) is 18.9. The van der Waals surface area contributed by atoms with Gasteiger partial charge in [-0.25, -0.2) is 9.98 Å². The van der Waals surface area contributed by atoms with Crippen molar-refractivity contribution in [2.75, 3.05) is 0 Å². The third kappa shape index (κ3) is 6.11. The van der Waals surface area contributed by atoms with Crippen LogP contribution in [0.2, 0.25) is 0 Å². The van der Waals surface area contributed by atoms with Gasteiger partial charge in [-0.1, -0.05) is 146 Å². The number of rotatable bonds is 3. The van der Waals surface area contributed by atoms with E-state index in [9.17, 15) is 0 Å². The maximum absolute atomic E-state index is 6.89. The van der Waals surface area contributed by atoms with E-state index in [0.29, 0.717) is 5.96 Å². The molecule has 0 bridgehead atoms. The van der Waals surface area contributed by atoms with E-state index in [2.05, 4.69) is 206 Å². The Hall–Kier alpha value is -7.86. The lowest BCUT2D eigenvalue weighted by molar-refractivity contribution is 0.665. The Bertz CT molecular complexity index is 4070. The predicted molar refractivity (Wildman–Crippen MR) is 283 cm³/mol. The minimum Gasteiger partial charge on any atom is -0.456 e. The number of fused-ring (bicyclic) bond motifs is 13. The van der Waals surface area contributed by atoms with E-state index in [1.165, 1.54) is 69.5 Å². The van der Waals surface area contributed by atoms with Crippen molar-refractivity contribution in [2.24, 2.45) is 15.9 Å². The molecule has 5 heteroatoms. The highest BCUT2D eigenvalue weighted by Crippen LogP contribution is 2.46. The monoisotopic (exact) mass is 877 g/mol. The van der Waals surface area contributed by atoms with Gasteiger partial charge in [0.25, 0.3) is 0 Å². The summed E-state index contributed by atoms with van der Waals surface area (Å²) in [5.41, 5.74) is 14.7. The van der Waals surface area contributed by atoms with Crippen LogP contribution in [0.15, 0.2) is 209 Å². The molecule has 1 aliphatic heterocycles. The minimum atomic E-state index is 0.0320. The van der Waals surface area contributed by atoms with E-state index in [0.717, 1.165) is 74.8 Å². The van der Waals surface area contributed by atoms with E-state index in [4.69, 9.17) is 14.4 Å². The van der Waals surface area contributed by atoms with Crippen molar-refractivity contribution in [3.8, 4) is 11.1 Å². The Labute approximate surface area is 391 Å². The smallest absolute Gasteiger partial charge is 0.235 e. The van der Waals surface area contributed by atoms with Crippen LogP contribution in [0.1, 0.15) is 53.5 Å². The topological polar surface area (TPSA) is 42.8 Å². The second-order valence-corrected chi connectivity index (χ2v) is 19.5. The molecule has 318 valence electrons. The molecule has 4 heterocycles. The first-order chi connectivity index (χ1) is 33.1. The fourth-order valence-electron chi connectivity index (χ4n) is 11.3. The van der Waals surface area contributed by atoms with Gasteiger partial charge in [0.15, 0.2) is 0 Å². The molecule has 0 spiro atoms. The first-order valence-electron chi connectivity index (χ1n) is 23.5. The summed E-state index contributed by atoms with van der Waals surface area (Å²) in [6.45, 7) is 2.33. The van der Waals surface area contributed by atoms with Crippen molar-refractivity contribution in [1.82, 2.24) is 4.57 Å². The number of furan rings is 1. The zero-order valence-corrected chi connectivity index (χ0v) is 37.7. The van der Waals surface area contributed by atoms with Gasteiger partial charge in [0.2, 0.25) is 5.96 Å². The number of benzene rings is 9. The van der Waals surface area contributed by atoms with Crippen molar-refractivity contribution >= 4 is 103 Å². The van der Waals surface area contributed by atoms with Crippen molar-refractivity contribution in [2.45, 2.75) is 32.1 Å². The standard InChI is InChI=1S/C62H43N3OS/c1-37-26-30-53(41-28-31-59-51(34-41)48-20-9-13-25-58(48)67-59)63-62(65-54-22-10-6-18-46(54)47-19-7-11-23-55(47)65)64-61(37)52-35-42(36-57-60(52)49-21-8-12-24-56(49)66-57)43-29-27-40-32-38-14-2-3-15-39(38)33-50(40)45-17-5-4-16-44(43)45/h2-25,28,30-37,43H,26-27,29H2,1H3/b53-30+,63-62+,64-61+/t37?,43-/m0/s1. The fraction of sp³-hybridized carbons (Fsp3) is 0.0968. The molecule has 2 aliphatic rings. The maximum atomic E-state index is 6.89. The van der Waals surface area contributed by atoms with Gasteiger partial charge in [0.1, 0.15) is 11.2 Å². The van der Waals surface area contributed by atoms with E-state index in [1.54, 1.807) is 0 Å². The Morgan fingerprint density at radius 1 is 0.552 bits per heavy atom. The van der Waals surface area contributed by atoms with Crippen LogP contribution in [0, 0.1) is 5.92 Å². The molecule has 1 unspecified atom stereocenters. The van der Waals surface area contributed by atoms with E-state index < -0.39 is 0 Å². The van der Waals surface area contributed by atoms with E-state index >= 15 is 0 Å². The van der Waals surface area contributed by atoms with Gasteiger partial charge in [-0.2, -0.15) is 0 Å². The zero-order valence-electron chi connectivity index (χ0n) is 36.9. The lowest BCUT2D eigenvalue weighted by Gasteiger charge is -2.23. The summed E-state index contributed by atoms with van der Waals surface area (Å²) in [4.78, 5) is 11.6. The predicted octanol–water partition coefficient (Wildman–Crippen LogP) is 16.7. The summed E-state index contributed by atoms with van der Waals surface area (Å²) in [7, 11) is 0. The summed E-state index contributed by atoms with van der Waals surface area (Å²) in [5.74, 6) is 0.811. The van der Waals surface area contributed by atoms with Gasteiger partial charge in [-0.15, -0.1) is 11.3 Å². The first kappa shape index (κ1) is 38.4. The van der Waals surface area contributed by atoms with Gasteiger partial charge in [-0.3, -0.25) is 4.57 Å². The molecule has 0 fully saturated rings. The van der Waals surface area contributed by atoms with Crippen LogP contribution in [0.5, 0.6) is 0 Å². The van der Waals surface area contributed by atoms with Crippen LogP contribution in [-0.2, 0) is 6.42 Å². The van der Waals surface area contributed by atoms with Crippen molar-refractivity contribution < 1.29 is 4.42 Å². The first-order valence-corrected chi connectivity index (χ1v) is 24.3. The Kier molecular flexibility index (Phi) is 8.65. The maximum Gasteiger partial charge on any atom is 0.235 e.